The summed E-state index contributed by atoms with van der Waals surface area (Å²) < 4.78 is 3.52. The van der Waals surface area contributed by atoms with E-state index >= 15 is 0 Å². The second kappa shape index (κ2) is 9.06. The van der Waals surface area contributed by atoms with Crippen LogP contribution in [0.3, 0.4) is 0 Å². The molecule has 0 bridgehead atoms. The first kappa shape index (κ1) is 19.4. The molecule has 0 unspecified atom stereocenters. The molecule has 0 saturated carbocycles. The van der Waals surface area contributed by atoms with Crippen LogP contribution in [-0.4, -0.2) is 30.6 Å². The summed E-state index contributed by atoms with van der Waals surface area (Å²) in [5.41, 5.74) is 2.83. The Kier molecular flexibility index (Phi) is 6.06. The van der Waals surface area contributed by atoms with Crippen molar-refractivity contribution in [1.29, 1.82) is 0 Å². The SMILES string of the molecule is O=C(CSCc1cc(=O)n2ccsc2n1)NCc1ccccc1Cn1ccnc1. The first-order valence-electron chi connectivity index (χ1n) is 9.02. The van der Waals surface area contributed by atoms with E-state index in [4.69, 9.17) is 0 Å². The normalized spacial score (nSPS) is 11.0. The molecule has 9 heteroatoms. The maximum atomic E-state index is 12.2. The van der Waals surface area contributed by atoms with E-state index in [9.17, 15) is 9.59 Å². The molecule has 0 spiro atoms. The Morgan fingerprint density at radius 2 is 2.07 bits per heavy atom. The molecule has 1 amide bonds. The predicted octanol–water partition coefficient (Wildman–Crippen LogP) is 2.55. The maximum Gasteiger partial charge on any atom is 0.258 e. The Bertz CT molecular complexity index is 1170. The van der Waals surface area contributed by atoms with Gasteiger partial charge in [-0.05, 0) is 11.1 Å². The predicted molar refractivity (Wildman–Crippen MR) is 115 cm³/mol. The molecule has 0 fully saturated rings. The number of rotatable bonds is 8. The van der Waals surface area contributed by atoms with E-state index in [0.29, 0.717) is 35.3 Å². The lowest BCUT2D eigenvalue weighted by molar-refractivity contribution is -0.118. The zero-order chi connectivity index (χ0) is 20.1. The number of aromatic nitrogens is 4. The van der Waals surface area contributed by atoms with Gasteiger partial charge >= 0.3 is 0 Å². The van der Waals surface area contributed by atoms with Gasteiger partial charge in [-0.3, -0.25) is 14.0 Å². The van der Waals surface area contributed by atoms with Gasteiger partial charge in [0.1, 0.15) is 0 Å². The number of carbonyl (C=O) groups excluding carboxylic acids is 1. The van der Waals surface area contributed by atoms with Crippen LogP contribution in [0.2, 0.25) is 0 Å². The highest BCUT2D eigenvalue weighted by Gasteiger charge is 2.08. The van der Waals surface area contributed by atoms with E-state index < -0.39 is 0 Å². The van der Waals surface area contributed by atoms with Gasteiger partial charge < -0.3 is 9.88 Å². The minimum Gasteiger partial charge on any atom is -0.351 e. The van der Waals surface area contributed by atoms with Gasteiger partial charge in [0.05, 0.1) is 17.8 Å². The lowest BCUT2D eigenvalue weighted by Crippen LogP contribution is -2.25. The van der Waals surface area contributed by atoms with Gasteiger partial charge in [0.2, 0.25) is 5.91 Å². The fourth-order valence-electron chi connectivity index (χ4n) is 2.92. The minimum absolute atomic E-state index is 0.0404. The molecule has 1 N–H and O–H groups in total. The number of thiazole rings is 1. The summed E-state index contributed by atoms with van der Waals surface area (Å²) >= 11 is 2.87. The van der Waals surface area contributed by atoms with Crippen molar-refractivity contribution in [2.45, 2.75) is 18.8 Å². The Balaban J connectivity index is 1.28. The van der Waals surface area contributed by atoms with E-state index in [1.165, 1.54) is 33.6 Å². The quantitative estimate of drug-likeness (QED) is 0.469. The lowest BCUT2D eigenvalue weighted by atomic mass is 10.1. The first-order valence-corrected chi connectivity index (χ1v) is 11.1. The molecule has 3 heterocycles. The summed E-state index contributed by atoms with van der Waals surface area (Å²) in [5.74, 6) is 0.796. The number of imidazole rings is 1. The molecule has 0 aliphatic rings. The fraction of sp³-hybridized carbons (Fsp3) is 0.200. The molecule has 0 aliphatic heterocycles. The average Bonchev–Trinajstić information content (AvgIpc) is 3.39. The van der Waals surface area contributed by atoms with Crippen LogP contribution >= 0.6 is 23.1 Å². The standard InChI is InChI=1S/C20H19N5O2S2/c26-18(13-28-12-17-9-19(27)25-7-8-29-20(25)23-17)22-10-15-3-1-2-4-16(15)11-24-6-5-21-14-24/h1-9,14H,10-13H2,(H,22,26). The van der Waals surface area contributed by atoms with Crippen molar-refractivity contribution >= 4 is 34.0 Å². The number of amides is 1. The summed E-state index contributed by atoms with van der Waals surface area (Å²) in [6.45, 7) is 1.19. The summed E-state index contributed by atoms with van der Waals surface area (Å²) in [5, 5.41) is 4.81. The molecule has 148 valence electrons. The van der Waals surface area contributed by atoms with Crippen LogP contribution in [0.4, 0.5) is 0 Å². The maximum absolute atomic E-state index is 12.2. The Labute approximate surface area is 175 Å². The van der Waals surface area contributed by atoms with Crippen molar-refractivity contribution in [2.24, 2.45) is 0 Å². The second-order valence-corrected chi connectivity index (χ2v) is 8.27. The van der Waals surface area contributed by atoms with Crippen LogP contribution in [0.25, 0.3) is 4.96 Å². The second-order valence-electron chi connectivity index (χ2n) is 6.41. The molecule has 29 heavy (non-hydrogen) atoms. The zero-order valence-electron chi connectivity index (χ0n) is 15.5. The highest BCUT2D eigenvalue weighted by atomic mass is 32.2. The number of benzene rings is 1. The fourth-order valence-corrected chi connectivity index (χ4v) is 4.40. The zero-order valence-corrected chi connectivity index (χ0v) is 17.2. The molecular formula is C20H19N5O2S2. The minimum atomic E-state index is -0.0919. The highest BCUT2D eigenvalue weighted by Crippen LogP contribution is 2.13. The topological polar surface area (TPSA) is 81.3 Å². The van der Waals surface area contributed by atoms with Gasteiger partial charge in [-0.1, -0.05) is 24.3 Å². The summed E-state index contributed by atoms with van der Waals surface area (Å²) in [6, 6.07) is 9.57. The van der Waals surface area contributed by atoms with E-state index in [1.54, 1.807) is 18.7 Å². The van der Waals surface area contributed by atoms with Crippen LogP contribution < -0.4 is 10.9 Å². The number of nitrogens with one attached hydrogen (secondary N) is 1. The Morgan fingerprint density at radius 3 is 2.90 bits per heavy atom. The third kappa shape index (κ3) is 4.93. The molecule has 0 radical (unpaired) electrons. The van der Waals surface area contributed by atoms with Gasteiger partial charge in [-0.2, -0.15) is 0 Å². The smallest absolute Gasteiger partial charge is 0.258 e. The molecule has 1 aromatic carbocycles. The number of hydrogen-bond donors (Lipinski definition) is 1. The van der Waals surface area contributed by atoms with Gasteiger partial charge in [-0.25, -0.2) is 9.97 Å². The number of carbonyl (C=O) groups is 1. The largest absolute Gasteiger partial charge is 0.351 e. The van der Waals surface area contributed by atoms with Gasteiger partial charge in [0.25, 0.3) is 5.56 Å². The summed E-state index contributed by atoms with van der Waals surface area (Å²) in [6.07, 6.45) is 7.16. The molecule has 4 aromatic rings. The van der Waals surface area contributed by atoms with Crippen molar-refractivity contribution in [1.82, 2.24) is 24.3 Å². The van der Waals surface area contributed by atoms with Gasteiger partial charge in [-0.15, -0.1) is 23.1 Å². The van der Waals surface area contributed by atoms with Crippen molar-refractivity contribution in [3.63, 3.8) is 0 Å². The third-order valence-electron chi connectivity index (χ3n) is 4.35. The van der Waals surface area contributed by atoms with Crippen LogP contribution in [0.1, 0.15) is 16.8 Å². The lowest BCUT2D eigenvalue weighted by Gasteiger charge is -2.11. The van der Waals surface area contributed by atoms with E-state index in [1.807, 2.05) is 34.3 Å². The highest BCUT2D eigenvalue weighted by molar-refractivity contribution is 7.99. The number of hydrogen-bond acceptors (Lipinski definition) is 6. The monoisotopic (exact) mass is 425 g/mol. The van der Waals surface area contributed by atoms with Crippen molar-refractivity contribution in [2.75, 3.05) is 5.75 Å². The van der Waals surface area contributed by atoms with Crippen LogP contribution in [0.15, 0.2) is 65.4 Å². The number of fused-ring (bicyclic) bond motifs is 1. The molecule has 7 nitrogen and oxygen atoms in total. The Morgan fingerprint density at radius 1 is 1.21 bits per heavy atom. The number of thioether (sulfide) groups is 1. The summed E-state index contributed by atoms with van der Waals surface area (Å²) in [4.78, 5) is 33.4. The van der Waals surface area contributed by atoms with Crippen molar-refractivity contribution in [3.05, 3.63) is 87.8 Å². The van der Waals surface area contributed by atoms with E-state index in [-0.39, 0.29) is 11.5 Å². The first-order chi connectivity index (χ1) is 14.2. The molecule has 3 aromatic heterocycles. The third-order valence-corrected chi connectivity index (χ3v) is 6.07. The van der Waals surface area contributed by atoms with Gasteiger partial charge in [0.15, 0.2) is 4.96 Å². The van der Waals surface area contributed by atoms with Crippen molar-refractivity contribution < 1.29 is 4.79 Å². The molecular weight excluding hydrogens is 406 g/mol. The summed E-state index contributed by atoms with van der Waals surface area (Å²) in [7, 11) is 0. The van der Waals surface area contributed by atoms with Crippen LogP contribution in [0, 0.1) is 0 Å². The average molecular weight is 426 g/mol. The van der Waals surface area contributed by atoms with Gasteiger partial charge in [0, 0.05) is 48.9 Å². The van der Waals surface area contributed by atoms with Crippen LogP contribution in [-0.2, 0) is 23.6 Å². The molecule has 0 atom stereocenters. The van der Waals surface area contributed by atoms with E-state index in [2.05, 4.69) is 21.4 Å². The van der Waals surface area contributed by atoms with Crippen LogP contribution in [0.5, 0.6) is 0 Å². The van der Waals surface area contributed by atoms with E-state index in [0.717, 1.165) is 11.1 Å². The number of nitrogens with zero attached hydrogens (tertiary/aromatic N) is 4. The molecule has 0 saturated heterocycles. The molecule has 4 rings (SSSR count). The molecule has 0 aliphatic carbocycles. The van der Waals surface area contributed by atoms with Crippen molar-refractivity contribution in [3.8, 4) is 0 Å². The Hall–Kier alpha value is -2.91.